The van der Waals surface area contributed by atoms with E-state index in [1.807, 2.05) is 55.5 Å². The van der Waals surface area contributed by atoms with Crippen molar-refractivity contribution >= 4 is 10.9 Å². The van der Waals surface area contributed by atoms with Crippen molar-refractivity contribution in [1.82, 2.24) is 4.98 Å². The fourth-order valence-electron chi connectivity index (χ4n) is 3.49. The molecule has 0 radical (unpaired) electrons. The summed E-state index contributed by atoms with van der Waals surface area (Å²) in [5, 5.41) is 10.7. The summed E-state index contributed by atoms with van der Waals surface area (Å²) < 4.78 is 5.91. The highest BCUT2D eigenvalue weighted by atomic mass is 16.5. The van der Waals surface area contributed by atoms with Crippen LogP contribution >= 0.6 is 0 Å². The minimum atomic E-state index is -0.430. The van der Waals surface area contributed by atoms with E-state index in [1.54, 1.807) is 6.20 Å². The summed E-state index contributed by atoms with van der Waals surface area (Å²) in [7, 11) is 0. The molecule has 0 amide bonds. The van der Waals surface area contributed by atoms with E-state index in [1.165, 1.54) is 0 Å². The van der Waals surface area contributed by atoms with Crippen LogP contribution in [0.3, 0.4) is 0 Å². The average Bonchev–Trinajstić information content (AvgIpc) is 2.65. The summed E-state index contributed by atoms with van der Waals surface area (Å²) in [4.78, 5) is 4.40. The van der Waals surface area contributed by atoms with Crippen molar-refractivity contribution < 1.29 is 4.74 Å². The number of aromatic nitrogens is 1. The van der Waals surface area contributed by atoms with Gasteiger partial charge >= 0.3 is 0 Å². The van der Waals surface area contributed by atoms with Gasteiger partial charge in [0.25, 0.3) is 0 Å². The van der Waals surface area contributed by atoms with Gasteiger partial charge in [-0.2, -0.15) is 5.26 Å². The van der Waals surface area contributed by atoms with E-state index in [0.717, 1.165) is 28.5 Å². The van der Waals surface area contributed by atoms with Gasteiger partial charge in [0.1, 0.15) is 18.4 Å². The quantitative estimate of drug-likeness (QED) is 0.678. The topological polar surface area (TPSA) is 71.9 Å². The number of nitrogens with two attached hydrogens (primary N) is 1. The van der Waals surface area contributed by atoms with E-state index in [4.69, 9.17) is 10.5 Å². The van der Waals surface area contributed by atoms with Crippen molar-refractivity contribution in [1.29, 1.82) is 5.26 Å². The number of fused-ring (bicyclic) bond motifs is 1. The molecular weight excluding hydrogens is 334 g/mol. The third kappa shape index (κ3) is 4.45. The molecule has 0 bridgehead atoms. The molecule has 2 N–H and O–H groups in total. The first kappa shape index (κ1) is 18.9. The molecule has 3 aromatic rings. The van der Waals surface area contributed by atoms with Gasteiger partial charge in [-0.1, -0.05) is 38.1 Å². The van der Waals surface area contributed by atoms with Crippen molar-refractivity contribution in [2.75, 3.05) is 6.61 Å². The maximum atomic E-state index is 9.60. The fourth-order valence-corrected chi connectivity index (χ4v) is 3.49. The Kier molecular flexibility index (Phi) is 5.43. The predicted octanol–water partition coefficient (Wildman–Crippen LogP) is 4.92. The standard InChI is InChI=1S/C23H25N3O/c1-16(2)13-23(3,25)15-27-22-9-8-17(12-18(22)14-24)19-10-11-26-21-7-5-4-6-20(19)21/h4-12,16H,13,15,25H2,1-3H3. The van der Waals surface area contributed by atoms with Crippen LogP contribution in [0.5, 0.6) is 5.75 Å². The van der Waals surface area contributed by atoms with Crippen LogP contribution in [-0.4, -0.2) is 17.1 Å². The second kappa shape index (κ2) is 7.77. The molecule has 0 spiro atoms. The predicted molar refractivity (Wildman–Crippen MR) is 109 cm³/mol. The minimum absolute atomic E-state index is 0.372. The molecule has 27 heavy (non-hydrogen) atoms. The average molecular weight is 359 g/mol. The van der Waals surface area contributed by atoms with E-state index >= 15 is 0 Å². The number of rotatable bonds is 6. The van der Waals surface area contributed by atoms with Gasteiger partial charge in [-0.25, -0.2) is 0 Å². The molecule has 1 heterocycles. The number of benzene rings is 2. The van der Waals surface area contributed by atoms with Gasteiger partial charge in [0, 0.05) is 17.1 Å². The van der Waals surface area contributed by atoms with Crippen LogP contribution in [0.2, 0.25) is 0 Å². The van der Waals surface area contributed by atoms with Gasteiger partial charge in [-0.05, 0) is 54.7 Å². The summed E-state index contributed by atoms with van der Waals surface area (Å²) in [6, 6.07) is 17.9. The third-order valence-electron chi connectivity index (χ3n) is 4.49. The first-order valence-corrected chi connectivity index (χ1v) is 9.19. The van der Waals surface area contributed by atoms with Gasteiger partial charge in [-0.3, -0.25) is 4.98 Å². The van der Waals surface area contributed by atoms with Crippen LogP contribution in [0.4, 0.5) is 0 Å². The zero-order valence-corrected chi connectivity index (χ0v) is 16.1. The molecule has 138 valence electrons. The molecule has 2 aromatic carbocycles. The molecular formula is C23H25N3O. The van der Waals surface area contributed by atoms with Crippen LogP contribution in [0, 0.1) is 17.2 Å². The fraction of sp³-hybridized carbons (Fsp3) is 0.304. The van der Waals surface area contributed by atoms with Gasteiger partial charge < -0.3 is 10.5 Å². The van der Waals surface area contributed by atoms with Crippen molar-refractivity contribution in [2.45, 2.75) is 32.7 Å². The molecule has 1 unspecified atom stereocenters. The minimum Gasteiger partial charge on any atom is -0.490 e. The molecule has 0 saturated carbocycles. The Morgan fingerprint density at radius 1 is 1.19 bits per heavy atom. The molecule has 0 aliphatic rings. The molecule has 0 saturated heterocycles. The van der Waals surface area contributed by atoms with Crippen LogP contribution < -0.4 is 10.5 Å². The second-order valence-corrected chi connectivity index (χ2v) is 7.74. The Labute approximate surface area is 160 Å². The van der Waals surface area contributed by atoms with E-state index in [0.29, 0.717) is 23.8 Å². The Bertz CT molecular complexity index is 981. The number of para-hydroxylation sites is 1. The lowest BCUT2D eigenvalue weighted by atomic mass is 9.93. The lowest BCUT2D eigenvalue weighted by Crippen LogP contribution is -2.43. The van der Waals surface area contributed by atoms with E-state index in [9.17, 15) is 5.26 Å². The maximum Gasteiger partial charge on any atom is 0.137 e. The van der Waals surface area contributed by atoms with Gasteiger partial charge in [-0.15, -0.1) is 0 Å². The second-order valence-electron chi connectivity index (χ2n) is 7.74. The van der Waals surface area contributed by atoms with E-state index < -0.39 is 5.54 Å². The third-order valence-corrected chi connectivity index (χ3v) is 4.49. The van der Waals surface area contributed by atoms with E-state index in [-0.39, 0.29) is 0 Å². The highest BCUT2D eigenvalue weighted by Crippen LogP contribution is 2.31. The van der Waals surface area contributed by atoms with Crippen molar-refractivity contribution in [3.8, 4) is 22.9 Å². The monoisotopic (exact) mass is 359 g/mol. The molecule has 4 heteroatoms. The number of nitrogens with zero attached hydrogens (tertiary/aromatic N) is 2. The summed E-state index contributed by atoms with van der Waals surface area (Å²) in [6.45, 7) is 6.63. The lowest BCUT2D eigenvalue weighted by Gasteiger charge is -2.26. The van der Waals surface area contributed by atoms with Gasteiger partial charge in [0.2, 0.25) is 0 Å². The first-order chi connectivity index (χ1) is 12.9. The molecule has 3 rings (SSSR count). The highest BCUT2D eigenvalue weighted by molar-refractivity contribution is 5.94. The molecule has 0 aliphatic heterocycles. The lowest BCUT2D eigenvalue weighted by molar-refractivity contribution is 0.206. The molecule has 1 aromatic heterocycles. The molecule has 1 atom stereocenters. The van der Waals surface area contributed by atoms with Crippen molar-refractivity contribution in [2.24, 2.45) is 11.7 Å². The Morgan fingerprint density at radius 2 is 1.96 bits per heavy atom. The number of hydrogen-bond acceptors (Lipinski definition) is 4. The van der Waals surface area contributed by atoms with Crippen LogP contribution in [0.1, 0.15) is 32.8 Å². The Balaban J connectivity index is 1.90. The SMILES string of the molecule is CC(C)CC(C)(N)COc1ccc(-c2ccnc3ccccc23)cc1C#N. The van der Waals surface area contributed by atoms with Crippen molar-refractivity contribution in [3.63, 3.8) is 0 Å². The zero-order valence-electron chi connectivity index (χ0n) is 16.1. The normalized spacial score (nSPS) is 13.3. The van der Waals surface area contributed by atoms with Crippen LogP contribution in [0.25, 0.3) is 22.0 Å². The molecule has 0 aliphatic carbocycles. The zero-order chi connectivity index (χ0) is 19.4. The number of hydrogen-bond donors (Lipinski definition) is 1. The Morgan fingerprint density at radius 3 is 2.70 bits per heavy atom. The molecule has 0 fully saturated rings. The van der Waals surface area contributed by atoms with Crippen LogP contribution in [-0.2, 0) is 0 Å². The highest BCUT2D eigenvalue weighted by Gasteiger charge is 2.21. The summed E-state index contributed by atoms with van der Waals surface area (Å²) in [6.07, 6.45) is 2.65. The number of ether oxygens (including phenoxy) is 1. The van der Waals surface area contributed by atoms with E-state index in [2.05, 4.69) is 24.9 Å². The van der Waals surface area contributed by atoms with Gasteiger partial charge in [0.05, 0.1) is 11.1 Å². The van der Waals surface area contributed by atoms with Gasteiger partial charge in [0.15, 0.2) is 0 Å². The largest absolute Gasteiger partial charge is 0.490 e. The number of pyridine rings is 1. The van der Waals surface area contributed by atoms with Crippen molar-refractivity contribution in [3.05, 3.63) is 60.3 Å². The summed E-state index contributed by atoms with van der Waals surface area (Å²) >= 11 is 0. The molecule has 4 nitrogen and oxygen atoms in total. The summed E-state index contributed by atoms with van der Waals surface area (Å²) in [5.41, 5.74) is 9.35. The number of nitriles is 1. The van der Waals surface area contributed by atoms with Crippen LogP contribution in [0.15, 0.2) is 54.7 Å². The first-order valence-electron chi connectivity index (χ1n) is 9.19. The summed E-state index contributed by atoms with van der Waals surface area (Å²) in [5.74, 6) is 1.06. The maximum absolute atomic E-state index is 9.60. The smallest absolute Gasteiger partial charge is 0.137 e. The Hall–Kier alpha value is -2.90.